The third kappa shape index (κ3) is 35.3. The summed E-state index contributed by atoms with van der Waals surface area (Å²) in [5, 5.41) is 89.4. The van der Waals surface area contributed by atoms with E-state index in [4.69, 9.17) is 51.9 Å². The average molecular weight is 2050 g/mol. The minimum Gasteiger partial charge on any atom is -0.378 e. The van der Waals surface area contributed by atoms with Crippen molar-refractivity contribution in [1.29, 1.82) is 0 Å². The number of carbonyl (C=O) groups excluding carboxylic acids is 1. The van der Waals surface area contributed by atoms with Crippen LogP contribution in [0, 0.1) is 80.2 Å². The molecule has 5 aromatic heterocycles. The summed E-state index contributed by atoms with van der Waals surface area (Å²) in [5.41, 5.74) is 37.8. The van der Waals surface area contributed by atoms with E-state index in [2.05, 4.69) is 103 Å². The number of hydrogen-bond acceptors (Lipinski definition) is 39. The van der Waals surface area contributed by atoms with Gasteiger partial charge in [0.15, 0.2) is 0 Å². The molecule has 0 saturated heterocycles. The van der Waals surface area contributed by atoms with E-state index in [9.17, 15) is 55.4 Å². The lowest BCUT2D eigenvalue weighted by Crippen LogP contribution is -2.29. The zero-order valence-electron chi connectivity index (χ0n) is 84.0. The monoisotopic (exact) mass is 2050 g/mol. The number of amides is 1. The van der Waals surface area contributed by atoms with Crippen LogP contribution in [0.1, 0.15) is 163 Å². The summed E-state index contributed by atoms with van der Waals surface area (Å²) in [4.78, 5) is 116. The number of carbonyl (C=O) groups is 1. The lowest BCUT2D eigenvalue weighted by molar-refractivity contribution is -0.384. The molecule has 5 aliphatic carbocycles. The van der Waals surface area contributed by atoms with Crippen LogP contribution in [0.5, 0.6) is 0 Å². The van der Waals surface area contributed by atoms with Gasteiger partial charge in [-0.15, -0.1) is 0 Å². The first-order valence-corrected chi connectivity index (χ1v) is 50.1. The maximum Gasteiger partial charge on any atom is 0.329 e. The molecule has 0 aliphatic heterocycles. The summed E-state index contributed by atoms with van der Waals surface area (Å²) in [5.74, 6) is 4.95. The highest BCUT2D eigenvalue weighted by atomic mass is 35.5. The number of nitrogens with one attached hydrogen (secondary N) is 10. The number of para-hydroxylation sites is 1. The van der Waals surface area contributed by atoms with Crippen LogP contribution in [0.25, 0.3) is 0 Å². The number of halogens is 2. The summed E-state index contributed by atoms with van der Waals surface area (Å²) >= 11 is 12.8. The fraction of sp³-hybridized carbons (Fsp3) is 0.485. The van der Waals surface area contributed by atoms with Gasteiger partial charge in [-0.3, -0.25) is 55.4 Å². The first-order valence-electron chi connectivity index (χ1n) is 49.3. The standard InChI is InChI=1S/C21H29N7O3.2C20H28ClN7O2.C20H29N7O2.C18H24N6O2/c1-14(29)27(2)18-5-3-4-16(10-18)12-24-21-25-13-19(28(30)31)20(26-21)23-11-15-6-8-17(22)9-7-15;1-27(2)16-7-8-17(21)14(9-16)11-24-20-25-12-18(28(29)30)19(26-20)23-10-13-3-5-15(22)6-4-13;1-27(2)16-5-3-4-14(18(16)21)11-24-20-25-12-17(28(29)30)19(26-20)23-10-13-6-8-15(22)9-7-13;1-26(2)17-6-4-3-5-15(17)12-23-20-24-13-18(27(28)29)19(25-20)22-11-14-7-9-16(21)10-8-14;19-15-8-6-14(7-9-15)10-20-17-16(24(25)26)12-22-18(23-17)21-11-13-4-2-1-3-5-13/h3-5,10,13,15,17H,6-9,11-12,22H2,1-2H3,(H2,23,24,25,26);7-9,12-13,15H,3-6,10-11,22H2,1-2H3,(H2,23,24,25,26);3-5,12-13,15H,6-11,22H2,1-2H3,(H2,23,24,25,26);3-6,13-14,16H,7-12,21H2,1-2H3,(H2,22,23,24,25);1-5,12,14-15H,6-11,19H2,(H2,20,21,22,23). The van der Waals surface area contributed by atoms with Crippen LogP contribution in [0.15, 0.2) is 146 Å². The highest BCUT2D eigenvalue weighted by molar-refractivity contribution is 6.34. The van der Waals surface area contributed by atoms with Crippen LogP contribution in [0.3, 0.4) is 0 Å². The first-order chi connectivity index (χ1) is 70.1. The molecule has 10 aromatic rings. The van der Waals surface area contributed by atoms with Crippen LogP contribution in [0.4, 0.5) is 110 Å². The van der Waals surface area contributed by atoms with Crippen molar-refractivity contribution in [3.8, 4) is 0 Å². The summed E-state index contributed by atoms with van der Waals surface area (Å²) in [6, 6.07) is 38.3. The van der Waals surface area contributed by atoms with E-state index in [0.717, 1.165) is 179 Å². The molecule has 784 valence electrons. The number of nitrogens with two attached hydrogens (primary N) is 5. The molecule has 20 N–H and O–H groups in total. The van der Waals surface area contributed by atoms with Crippen LogP contribution < -0.4 is 101 Å². The van der Waals surface area contributed by atoms with Gasteiger partial charge in [-0.2, -0.15) is 24.9 Å². The van der Waals surface area contributed by atoms with Crippen LogP contribution in [-0.4, -0.2) is 193 Å². The number of benzene rings is 5. The zero-order valence-corrected chi connectivity index (χ0v) is 85.5. The van der Waals surface area contributed by atoms with Gasteiger partial charge in [0.05, 0.1) is 35.3 Å². The highest BCUT2D eigenvalue weighted by Crippen LogP contribution is 2.37. The third-order valence-corrected chi connectivity index (χ3v) is 27.3. The summed E-state index contributed by atoms with van der Waals surface area (Å²) in [7, 11) is 13.5. The second-order valence-corrected chi connectivity index (χ2v) is 38.9. The van der Waals surface area contributed by atoms with Crippen molar-refractivity contribution >= 4 is 139 Å². The molecule has 0 bridgehead atoms. The Hall–Kier alpha value is -14.3. The Labute approximate surface area is 859 Å². The Morgan fingerprint density at radius 2 is 0.610 bits per heavy atom. The van der Waals surface area contributed by atoms with E-state index < -0.39 is 24.6 Å². The smallest absolute Gasteiger partial charge is 0.329 e. The molecule has 5 aromatic carbocycles. The minimum absolute atomic E-state index is 0.0560. The second-order valence-electron chi connectivity index (χ2n) is 38.1. The maximum atomic E-state index is 11.6. The fourth-order valence-electron chi connectivity index (χ4n) is 17.4. The summed E-state index contributed by atoms with van der Waals surface area (Å²) < 4.78 is 0. The van der Waals surface area contributed by atoms with Gasteiger partial charge in [0.25, 0.3) is 0 Å². The van der Waals surface area contributed by atoms with Crippen molar-refractivity contribution in [3.05, 3.63) is 235 Å². The molecule has 146 heavy (non-hydrogen) atoms. The fourth-order valence-corrected chi connectivity index (χ4v) is 18.0. The Morgan fingerprint density at radius 1 is 0.322 bits per heavy atom. The van der Waals surface area contributed by atoms with Crippen molar-refractivity contribution in [3.63, 3.8) is 0 Å². The van der Waals surface area contributed by atoms with Crippen LogP contribution >= 0.6 is 23.2 Å². The van der Waals surface area contributed by atoms with Crippen molar-refractivity contribution in [2.45, 2.75) is 198 Å². The lowest BCUT2D eigenvalue weighted by Gasteiger charge is -2.26. The number of anilines is 14. The summed E-state index contributed by atoms with van der Waals surface area (Å²) in [6.07, 6.45) is 26.2. The van der Waals surface area contributed by atoms with Gasteiger partial charge >= 0.3 is 28.4 Å². The van der Waals surface area contributed by atoms with E-state index >= 15 is 0 Å². The zero-order chi connectivity index (χ0) is 105. The maximum absolute atomic E-state index is 11.6. The number of aromatic nitrogens is 10. The van der Waals surface area contributed by atoms with Crippen molar-refractivity contribution in [1.82, 2.24) is 49.8 Å². The number of rotatable bonds is 39. The molecule has 5 heterocycles. The number of nitrogens with zero attached hydrogens (tertiary/aromatic N) is 19. The predicted octanol–water partition coefficient (Wildman–Crippen LogP) is 16.1. The van der Waals surface area contributed by atoms with Crippen molar-refractivity contribution in [2.24, 2.45) is 58.3 Å². The molecule has 0 spiro atoms. The molecular formula is C99H138Cl2N34O11. The lowest BCUT2D eigenvalue weighted by atomic mass is 9.86. The van der Waals surface area contributed by atoms with Crippen LogP contribution in [-0.2, 0) is 37.5 Å². The van der Waals surface area contributed by atoms with E-state index in [0.29, 0.717) is 135 Å². The van der Waals surface area contributed by atoms with Gasteiger partial charge in [0.1, 0.15) is 31.0 Å². The molecule has 0 unspecified atom stereocenters. The van der Waals surface area contributed by atoms with E-state index in [1.54, 1.807) is 11.9 Å². The molecule has 5 aliphatic rings. The first kappa shape index (κ1) is 112. The average Bonchev–Trinajstić information content (AvgIpc) is 0.852. The predicted molar refractivity (Wildman–Crippen MR) is 576 cm³/mol. The molecule has 0 atom stereocenters. The Bertz CT molecular complexity index is 5820. The molecule has 0 radical (unpaired) electrons. The molecule has 47 heteroatoms. The Morgan fingerprint density at radius 3 is 0.938 bits per heavy atom. The topological polar surface area (TPSA) is 625 Å². The van der Waals surface area contributed by atoms with Gasteiger partial charge < -0.3 is 101 Å². The number of hydrogen-bond donors (Lipinski definition) is 15. The molecule has 15 rings (SSSR count). The van der Waals surface area contributed by atoms with Crippen molar-refractivity contribution < 1.29 is 29.4 Å². The molecular weight excluding hydrogens is 1910 g/mol. The normalized spacial score (nSPS) is 18.8. The van der Waals surface area contributed by atoms with Gasteiger partial charge in [0, 0.05) is 174 Å². The Balaban J connectivity index is 0.000000174. The van der Waals surface area contributed by atoms with Crippen molar-refractivity contribution in [2.75, 3.05) is 155 Å². The second kappa shape index (κ2) is 56.3. The molecule has 5 fully saturated rings. The van der Waals surface area contributed by atoms with Gasteiger partial charge in [-0.25, -0.2) is 24.9 Å². The summed E-state index contributed by atoms with van der Waals surface area (Å²) in [6.45, 7) is 6.96. The van der Waals surface area contributed by atoms with E-state index in [1.807, 2.05) is 172 Å². The highest BCUT2D eigenvalue weighted by Gasteiger charge is 2.30. The minimum atomic E-state index is -0.482. The molecule has 1 amide bonds. The van der Waals surface area contributed by atoms with E-state index in [-0.39, 0.29) is 93.6 Å². The third-order valence-electron chi connectivity index (χ3n) is 26.5. The number of nitro groups is 5. The van der Waals surface area contributed by atoms with Crippen LogP contribution in [0.2, 0.25) is 10.0 Å². The van der Waals surface area contributed by atoms with E-state index in [1.165, 1.54) is 37.9 Å². The van der Waals surface area contributed by atoms with Gasteiger partial charge in [0.2, 0.25) is 64.7 Å². The SMILES string of the molecule is CC(=O)N(C)c1cccc(CNc2ncc([N+](=O)[O-])c(NCC3CCC(N)CC3)n2)c1.CN(C)c1ccc(Cl)c(CNc2ncc([N+](=O)[O-])c(NCC3CCC(N)CC3)n2)c1.CN(C)c1cccc(CNc2ncc([N+](=O)[O-])c(NCC3CCC(N)CC3)n2)c1Cl.CN(C)c1ccccc1CNc1ncc([N+](=O)[O-])c(NCC2CCC(N)CC2)n1.NC1CCC(CNc2nc(NCc3ccccc3)ncc2[N+](=O)[O-])CC1. The molecule has 45 nitrogen and oxygen atoms in total. The quantitative estimate of drug-likeness (QED) is 0.0126. The van der Waals surface area contributed by atoms with Gasteiger partial charge in [-0.1, -0.05) is 96.0 Å². The largest absolute Gasteiger partial charge is 0.378 e. The van der Waals surface area contributed by atoms with Gasteiger partial charge in [-0.05, 0) is 228 Å². The molecule has 5 saturated carbocycles. The Kier molecular flexibility index (Phi) is 43.2.